The normalized spacial score (nSPS) is 16.7. The molecule has 0 fully saturated rings. The summed E-state index contributed by atoms with van der Waals surface area (Å²) in [5.74, 6) is -2.36. The third kappa shape index (κ3) is 6.45. The molecule has 3 rings (SSSR count). The van der Waals surface area contributed by atoms with E-state index in [1.165, 1.54) is 17.7 Å². The Balaban J connectivity index is 1.76. The molecule has 0 radical (unpaired) electrons. The highest BCUT2D eigenvalue weighted by Gasteiger charge is 2.34. The zero-order valence-electron chi connectivity index (χ0n) is 19.3. The van der Waals surface area contributed by atoms with Crippen molar-refractivity contribution in [2.45, 2.75) is 32.4 Å². The molecular weight excluding hydrogens is 459 g/mol. The molecule has 2 amide bonds. The van der Waals surface area contributed by atoms with Crippen LogP contribution in [0, 0.1) is 11.7 Å². The molecule has 2 aromatic rings. The number of nitrogens with zero attached hydrogens (tertiary/aromatic N) is 2. The van der Waals surface area contributed by atoms with Crippen LogP contribution in [0.1, 0.15) is 36.1 Å². The summed E-state index contributed by atoms with van der Waals surface area (Å²) in [5, 5.41) is 5.19. The van der Waals surface area contributed by atoms with Crippen molar-refractivity contribution in [1.82, 2.24) is 10.2 Å². The molecule has 0 saturated heterocycles. The zero-order chi connectivity index (χ0) is 24.8. The summed E-state index contributed by atoms with van der Waals surface area (Å²) in [4.78, 5) is 31.5. The van der Waals surface area contributed by atoms with E-state index in [4.69, 9.17) is 23.1 Å². The number of nitrogens with two attached hydrogens (primary N) is 2. The number of anilines is 1. The SMILES string of the molecule is CCN(C)Cc1ccc2c(c1)C[C@H](CCN=C(N)N)[C@H]2NC(=O)C(=O)Nc1ccc(Cl)c(F)c1. The smallest absolute Gasteiger partial charge is 0.313 e. The molecule has 1 aliphatic rings. The van der Waals surface area contributed by atoms with Gasteiger partial charge in [-0.3, -0.25) is 14.6 Å². The standard InChI is InChI=1S/C24H30ClFN6O2/c1-3-32(2)13-14-4-6-18-16(10-14)11-15(8-9-29-24(27)28)21(18)31-23(34)22(33)30-17-5-7-19(25)20(26)12-17/h4-7,10,12,15,21H,3,8-9,11,13H2,1-2H3,(H,30,33)(H,31,34)(H4,27,28,29)/t15-,21+/m0/s1. The molecule has 2 aromatic carbocycles. The van der Waals surface area contributed by atoms with Crippen LogP contribution in [0.3, 0.4) is 0 Å². The van der Waals surface area contributed by atoms with Gasteiger partial charge in [0.2, 0.25) is 0 Å². The second kappa shape index (κ2) is 11.3. The van der Waals surface area contributed by atoms with Crippen molar-refractivity contribution < 1.29 is 14.0 Å². The molecule has 0 saturated carbocycles. The van der Waals surface area contributed by atoms with Crippen LogP contribution in [0.2, 0.25) is 5.02 Å². The van der Waals surface area contributed by atoms with Gasteiger partial charge in [-0.05, 0) is 67.2 Å². The third-order valence-corrected chi connectivity index (χ3v) is 6.26. The summed E-state index contributed by atoms with van der Waals surface area (Å²) in [5.41, 5.74) is 14.3. The Labute approximate surface area is 203 Å². The summed E-state index contributed by atoms with van der Waals surface area (Å²) in [6, 6.07) is 9.62. The topological polar surface area (TPSA) is 126 Å². The van der Waals surface area contributed by atoms with Gasteiger partial charge in [-0.25, -0.2) is 4.39 Å². The summed E-state index contributed by atoms with van der Waals surface area (Å²) < 4.78 is 13.7. The molecule has 182 valence electrons. The number of aliphatic imine (C=N–C) groups is 1. The Morgan fingerprint density at radius 3 is 2.65 bits per heavy atom. The van der Waals surface area contributed by atoms with Gasteiger partial charge in [-0.2, -0.15) is 0 Å². The van der Waals surface area contributed by atoms with Crippen LogP contribution in [0.4, 0.5) is 10.1 Å². The fourth-order valence-electron chi connectivity index (χ4n) is 4.11. The number of nitrogens with one attached hydrogen (secondary N) is 2. The minimum atomic E-state index is -0.890. The van der Waals surface area contributed by atoms with E-state index in [0.29, 0.717) is 13.0 Å². The fraction of sp³-hybridized carbons (Fsp3) is 0.375. The fourth-order valence-corrected chi connectivity index (χ4v) is 4.23. The number of fused-ring (bicyclic) bond motifs is 1. The molecule has 34 heavy (non-hydrogen) atoms. The van der Waals surface area contributed by atoms with Crippen LogP contribution in [-0.2, 0) is 22.6 Å². The molecule has 0 bridgehead atoms. The van der Waals surface area contributed by atoms with Crippen molar-refractivity contribution in [3.05, 3.63) is 63.9 Å². The monoisotopic (exact) mass is 488 g/mol. The van der Waals surface area contributed by atoms with Crippen LogP contribution in [0.15, 0.2) is 41.4 Å². The van der Waals surface area contributed by atoms with Crippen molar-refractivity contribution in [3.63, 3.8) is 0 Å². The van der Waals surface area contributed by atoms with E-state index >= 15 is 0 Å². The van der Waals surface area contributed by atoms with E-state index in [1.807, 2.05) is 12.1 Å². The first-order valence-corrected chi connectivity index (χ1v) is 11.5. The lowest BCUT2D eigenvalue weighted by atomic mass is 9.97. The van der Waals surface area contributed by atoms with Crippen molar-refractivity contribution in [3.8, 4) is 0 Å². The van der Waals surface area contributed by atoms with Crippen molar-refractivity contribution >= 4 is 35.1 Å². The molecule has 2 atom stereocenters. The summed E-state index contributed by atoms with van der Waals surface area (Å²) in [7, 11) is 2.06. The van der Waals surface area contributed by atoms with Crippen LogP contribution in [-0.4, -0.2) is 42.8 Å². The lowest BCUT2D eigenvalue weighted by Gasteiger charge is -2.21. The summed E-state index contributed by atoms with van der Waals surface area (Å²) >= 11 is 5.67. The number of hydrogen-bond acceptors (Lipinski definition) is 4. The van der Waals surface area contributed by atoms with Gasteiger partial charge in [-0.1, -0.05) is 36.7 Å². The molecule has 6 N–H and O–H groups in total. The van der Waals surface area contributed by atoms with E-state index in [0.717, 1.165) is 36.7 Å². The van der Waals surface area contributed by atoms with Gasteiger partial charge in [0.15, 0.2) is 5.96 Å². The second-order valence-electron chi connectivity index (χ2n) is 8.46. The van der Waals surface area contributed by atoms with Crippen LogP contribution in [0.5, 0.6) is 0 Å². The largest absolute Gasteiger partial charge is 0.370 e. The van der Waals surface area contributed by atoms with E-state index in [-0.39, 0.29) is 28.6 Å². The van der Waals surface area contributed by atoms with Crippen molar-refractivity contribution in [2.75, 3.05) is 25.5 Å². The summed E-state index contributed by atoms with van der Waals surface area (Å²) in [6.07, 6.45) is 1.36. The number of guanidine groups is 1. The number of benzene rings is 2. The van der Waals surface area contributed by atoms with Crippen molar-refractivity contribution in [2.24, 2.45) is 22.4 Å². The van der Waals surface area contributed by atoms with Crippen LogP contribution < -0.4 is 22.1 Å². The van der Waals surface area contributed by atoms with Gasteiger partial charge in [0.05, 0.1) is 11.1 Å². The highest BCUT2D eigenvalue weighted by atomic mass is 35.5. The van der Waals surface area contributed by atoms with E-state index in [9.17, 15) is 14.0 Å². The number of carbonyl (C=O) groups excluding carboxylic acids is 2. The Morgan fingerprint density at radius 1 is 1.21 bits per heavy atom. The Hall–Kier alpha value is -3.17. The van der Waals surface area contributed by atoms with Crippen molar-refractivity contribution in [1.29, 1.82) is 0 Å². The maximum absolute atomic E-state index is 13.7. The van der Waals surface area contributed by atoms with Gasteiger partial charge in [-0.15, -0.1) is 0 Å². The number of rotatable bonds is 8. The van der Waals surface area contributed by atoms with Gasteiger partial charge < -0.3 is 27.0 Å². The first-order valence-electron chi connectivity index (χ1n) is 11.1. The zero-order valence-corrected chi connectivity index (χ0v) is 20.0. The highest BCUT2D eigenvalue weighted by Crippen LogP contribution is 2.38. The quantitative estimate of drug-likeness (QED) is 0.258. The highest BCUT2D eigenvalue weighted by molar-refractivity contribution is 6.39. The van der Waals surface area contributed by atoms with Gasteiger partial charge >= 0.3 is 11.8 Å². The average molecular weight is 489 g/mol. The van der Waals surface area contributed by atoms with Crippen LogP contribution in [0.25, 0.3) is 0 Å². The average Bonchev–Trinajstić information content (AvgIpc) is 3.12. The molecule has 0 unspecified atom stereocenters. The van der Waals surface area contributed by atoms with E-state index in [1.54, 1.807) is 0 Å². The number of hydrogen-bond donors (Lipinski definition) is 4. The molecule has 0 spiro atoms. The summed E-state index contributed by atoms with van der Waals surface area (Å²) in [6.45, 7) is 4.26. The predicted molar refractivity (Wildman–Crippen MR) is 132 cm³/mol. The van der Waals surface area contributed by atoms with E-state index in [2.05, 4.69) is 40.6 Å². The molecule has 8 nitrogen and oxygen atoms in total. The number of carbonyl (C=O) groups is 2. The number of amides is 2. The maximum Gasteiger partial charge on any atom is 0.313 e. The maximum atomic E-state index is 13.7. The minimum absolute atomic E-state index is 0.00978. The molecule has 1 aliphatic carbocycles. The van der Waals surface area contributed by atoms with Crippen LogP contribution >= 0.6 is 11.6 Å². The van der Waals surface area contributed by atoms with Gasteiger partial charge in [0.1, 0.15) is 5.82 Å². The predicted octanol–water partition coefficient (Wildman–Crippen LogP) is 2.56. The van der Waals surface area contributed by atoms with E-state index < -0.39 is 17.6 Å². The van der Waals surface area contributed by atoms with Gasteiger partial charge in [0.25, 0.3) is 0 Å². The molecule has 0 aliphatic heterocycles. The van der Waals surface area contributed by atoms with Gasteiger partial charge in [0, 0.05) is 18.8 Å². The Kier molecular flexibility index (Phi) is 8.46. The lowest BCUT2D eigenvalue weighted by Crippen LogP contribution is -2.39. The molecule has 10 heteroatoms. The third-order valence-electron chi connectivity index (χ3n) is 5.95. The first kappa shape index (κ1) is 25.5. The second-order valence-corrected chi connectivity index (χ2v) is 8.86. The molecular formula is C24H30ClFN6O2. The Morgan fingerprint density at radius 2 is 1.97 bits per heavy atom. The molecule has 0 aromatic heterocycles. The minimum Gasteiger partial charge on any atom is -0.370 e. The first-order chi connectivity index (χ1) is 16.2. The number of halogens is 2. The lowest BCUT2D eigenvalue weighted by molar-refractivity contribution is -0.136. The Bertz CT molecular complexity index is 1090. The molecule has 0 heterocycles.